The van der Waals surface area contributed by atoms with Gasteiger partial charge in [-0.2, -0.15) is 0 Å². The van der Waals surface area contributed by atoms with Crippen molar-refractivity contribution in [2.75, 3.05) is 12.3 Å². The quantitative estimate of drug-likeness (QED) is 0.856. The number of thioether (sulfide) groups is 1. The molecule has 0 unspecified atom stereocenters. The first-order chi connectivity index (χ1) is 8.92. The van der Waals surface area contributed by atoms with Crippen LogP contribution < -0.4 is 5.32 Å². The van der Waals surface area contributed by atoms with Gasteiger partial charge in [-0.25, -0.2) is 4.98 Å². The summed E-state index contributed by atoms with van der Waals surface area (Å²) in [6.45, 7) is 1.18. The molecule has 1 N–H and O–H groups in total. The summed E-state index contributed by atoms with van der Waals surface area (Å²) in [4.78, 5) is 4.47. The van der Waals surface area contributed by atoms with Crippen molar-refractivity contribution >= 4 is 22.9 Å². The van der Waals surface area contributed by atoms with Gasteiger partial charge in [0.25, 0.3) is 5.22 Å². The van der Waals surface area contributed by atoms with Crippen molar-refractivity contribution < 1.29 is 4.42 Å². The Kier molecular flexibility index (Phi) is 3.86. The lowest BCUT2D eigenvalue weighted by atomic mass is 10.0. The highest BCUT2D eigenvalue weighted by Gasteiger charge is 2.13. The van der Waals surface area contributed by atoms with Gasteiger partial charge in [0.15, 0.2) is 5.58 Å². The van der Waals surface area contributed by atoms with E-state index in [4.69, 9.17) is 4.42 Å². The molecule has 18 heavy (non-hydrogen) atoms. The maximum Gasteiger partial charge on any atom is 0.256 e. The number of hydrogen-bond donors (Lipinski definition) is 1. The van der Waals surface area contributed by atoms with E-state index < -0.39 is 0 Å². The van der Waals surface area contributed by atoms with Crippen LogP contribution in [0.1, 0.15) is 25.7 Å². The van der Waals surface area contributed by atoms with E-state index in [2.05, 4.69) is 10.3 Å². The highest BCUT2D eigenvalue weighted by molar-refractivity contribution is 7.99. The molecule has 0 spiro atoms. The van der Waals surface area contributed by atoms with Gasteiger partial charge in [0.2, 0.25) is 0 Å². The molecule has 1 aromatic carbocycles. The van der Waals surface area contributed by atoms with Gasteiger partial charge in [0, 0.05) is 11.8 Å². The predicted molar refractivity (Wildman–Crippen MR) is 75.0 cm³/mol. The Morgan fingerprint density at radius 3 is 3.11 bits per heavy atom. The van der Waals surface area contributed by atoms with Crippen LogP contribution in [0.4, 0.5) is 0 Å². The number of aromatic nitrogens is 1. The molecule has 0 bridgehead atoms. The number of hydrogen-bond acceptors (Lipinski definition) is 4. The molecule has 0 amide bonds. The highest BCUT2D eigenvalue weighted by Crippen LogP contribution is 2.24. The summed E-state index contributed by atoms with van der Waals surface area (Å²) in [5.74, 6) is 1.07. The van der Waals surface area contributed by atoms with E-state index in [-0.39, 0.29) is 0 Å². The van der Waals surface area contributed by atoms with E-state index in [0.717, 1.165) is 22.1 Å². The van der Waals surface area contributed by atoms with Crippen LogP contribution in [0.3, 0.4) is 0 Å². The third-order valence-electron chi connectivity index (χ3n) is 3.38. The molecule has 1 fully saturated rings. The largest absolute Gasteiger partial charge is 0.431 e. The van der Waals surface area contributed by atoms with Crippen LogP contribution in [-0.4, -0.2) is 23.3 Å². The Balaban J connectivity index is 1.53. The number of para-hydroxylation sites is 2. The first-order valence-electron chi connectivity index (χ1n) is 6.63. The standard InChI is InChI=1S/C14H18N2OS/c1-2-7-13-12(6-1)16-14(17-13)18-10-8-11-5-3-4-9-15-11/h1-2,6-7,11,15H,3-5,8-10H2/t11-/m0/s1. The molecule has 1 atom stereocenters. The average molecular weight is 262 g/mol. The molecule has 3 rings (SSSR count). The smallest absolute Gasteiger partial charge is 0.256 e. The van der Waals surface area contributed by atoms with Crippen LogP contribution in [0.15, 0.2) is 33.9 Å². The third kappa shape index (κ3) is 2.87. The third-order valence-corrected chi connectivity index (χ3v) is 4.24. The normalized spacial score (nSPS) is 20.3. The molecule has 2 aromatic rings. The molecule has 1 aromatic heterocycles. The molecule has 0 aliphatic carbocycles. The fourth-order valence-corrected chi connectivity index (χ4v) is 3.26. The maximum atomic E-state index is 5.69. The molecule has 3 nitrogen and oxygen atoms in total. The van der Waals surface area contributed by atoms with Crippen LogP contribution in [-0.2, 0) is 0 Å². The topological polar surface area (TPSA) is 38.1 Å². The molecular formula is C14H18N2OS. The molecule has 1 aliphatic rings. The zero-order valence-corrected chi connectivity index (χ0v) is 11.2. The highest BCUT2D eigenvalue weighted by atomic mass is 32.2. The summed E-state index contributed by atoms with van der Waals surface area (Å²) in [5, 5.41) is 4.37. The number of oxazole rings is 1. The second-order valence-electron chi connectivity index (χ2n) is 4.73. The van der Waals surface area contributed by atoms with E-state index in [1.807, 2.05) is 24.3 Å². The molecule has 1 saturated heterocycles. The minimum absolute atomic E-state index is 0.690. The fraction of sp³-hybridized carbons (Fsp3) is 0.500. The minimum atomic E-state index is 0.690. The number of nitrogens with one attached hydrogen (secondary N) is 1. The van der Waals surface area contributed by atoms with Gasteiger partial charge < -0.3 is 9.73 Å². The number of fused-ring (bicyclic) bond motifs is 1. The Morgan fingerprint density at radius 1 is 1.33 bits per heavy atom. The van der Waals surface area contributed by atoms with Crippen molar-refractivity contribution in [1.29, 1.82) is 0 Å². The fourth-order valence-electron chi connectivity index (χ4n) is 2.37. The Labute approximate surface area is 111 Å². The van der Waals surface area contributed by atoms with E-state index in [0.29, 0.717) is 6.04 Å². The van der Waals surface area contributed by atoms with Crippen molar-refractivity contribution in [3.63, 3.8) is 0 Å². The van der Waals surface area contributed by atoms with Gasteiger partial charge in [-0.15, -0.1) is 0 Å². The molecular weight excluding hydrogens is 244 g/mol. The average Bonchev–Trinajstić information content (AvgIpc) is 2.82. The second kappa shape index (κ2) is 5.76. The SMILES string of the molecule is c1ccc2oc(SCC[C@@H]3CCCCN3)nc2c1. The zero-order valence-electron chi connectivity index (χ0n) is 10.4. The Bertz CT molecular complexity index is 472. The molecule has 0 saturated carbocycles. The van der Waals surface area contributed by atoms with Gasteiger partial charge in [0.05, 0.1) is 0 Å². The monoisotopic (exact) mass is 262 g/mol. The molecule has 0 radical (unpaired) electrons. The lowest BCUT2D eigenvalue weighted by molar-refractivity contribution is 0.394. The number of nitrogens with zero attached hydrogens (tertiary/aromatic N) is 1. The summed E-state index contributed by atoms with van der Waals surface area (Å²) in [7, 11) is 0. The molecule has 96 valence electrons. The van der Waals surface area contributed by atoms with Crippen LogP contribution in [0.2, 0.25) is 0 Å². The summed E-state index contributed by atoms with van der Waals surface area (Å²) >= 11 is 1.72. The molecule has 1 aliphatic heterocycles. The van der Waals surface area contributed by atoms with Crippen LogP contribution in [0, 0.1) is 0 Å². The first-order valence-corrected chi connectivity index (χ1v) is 7.62. The Morgan fingerprint density at radius 2 is 2.28 bits per heavy atom. The summed E-state index contributed by atoms with van der Waals surface area (Å²) in [6.07, 6.45) is 5.21. The van der Waals surface area contributed by atoms with Crippen LogP contribution in [0.5, 0.6) is 0 Å². The van der Waals surface area contributed by atoms with Crippen molar-refractivity contribution in [2.24, 2.45) is 0 Å². The summed E-state index contributed by atoms with van der Waals surface area (Å²) in [6, 6.07) is 8.62. The van der Waals surface area contributed by atoms with Gasteiger partial charge in [-0.1, -0.05) is 30.3 Å². The number of benzene rings is 1. The van der Waals surface area contributed by atoms with E-state index in [1.54, 1.807) is 11.8 Å². The molecule has 2 heterocycles. The van der Waals surface area contributed by atoms with Crippen molar-refractivity contribution in [3.8, 4) is 0 Å². The van der Waals surface area contributed by atoms with Gasteiger partial charge >= 0.3 is 0 Å². The summed E-state index contributed by atoms with van der Waals surface area (Å²) < 4.78 is 5.69. The van der Waals surface area contributed by atoms with Crippen molar-refractivity contribution in [3.05, 3.63) is 24.3 Å². The molecule has 4 heteroatoms. The van der Waals surface area contributed by atoms with Gasteiger partial charge in [0.1, 0.15) is 5.52 Å². The maximum absolute atomic E-state index is 5.69. The lowest BCUT2D eigenvalue weighted by Crippen LogP contribution is -2.34. The number of rotatable bonds is 4. The van der Waals surface area contributed by atoms with Gasteiger partial charge in [-0.05, 0) is 37.9 Å². The van der Waals surface area contributed by atoms with Crippen molar-refractivity contribution in [1.82, 2.24) is 10.3 Å². The number of piperidine rings is 1. The van der Waals surface area contributed by atoms with E-state index in [1.165, 1.54) is 32.2 Å². The van der Waals surface area contributed by atoms with E-state index >= 15 is 0 Å². The van der Waals surface area contributed by atoms with Crippen LogP contribution in [0.25, 0.3) is 11.1 Å². The summed E-state index contributed by atoms with van der Waals surface area (Å²) in [5.41, 5.74) is 1.84. The second-order valence-corrected chi connectivity index (χ2v) is 5.78. The van der Waals surface area contributed by atoms with Crippen molar-refractivity contribution in [2.45, 2.75) is 36.9 Å². The predicted octanol–water partition coefficient (Wildman–Crippen LogP) is 3.45. The lowest BCUT2D eigenvalue weighted by Gasteiger charge is -2.22. The van der Waals surface area contributed by atoms with Gasteiger partial charge in [-0.3, -0.25) is 0 Å². The van der Waals surface area contributed by atoms with Crippen LogP contribution >= 0.6 is 11.8 Å². The minimum Gasteiger partial charge on any atom is -0.431 e. The van der Waals surface area contributed by atoms with E-state index in [9.17, 15) is 0 Å². The first kappa shape index (κ1) is 12.1. The zero-order chi connectivity index (χ0) is 12.2. The Hall–Kier alpha value is -1.00.